The average Bonchev–Trinajstić information content (AvgIpc) is 3.01. The van der Waals surface area contributed by atoms with Gasteiger partial charge in [0.15, 0.2) is 0 Å². The Hall–Kier alpha value is -2.44. The van der Waals surface area contributed by atoms with Crippen LogP contribution in [0.5, 0.6) is 0 Å². The normalized spacial score (nSPS) is 23.9. The van der Waals surface area contributed by atoms with Crippen molar-refractivity contribution in [1.82, 2.24) is 19.4 Å². The fourth-order valence-electron chi connectivity index (χ4n) is 6.34. The lowest BCUT2D eigenvalue weighted by Gasteiger charge is -2.43. The van der Waals surface area contributed by atoms with Crippen LogP contribution < -0.4 is 11.1 Å². The van der Waals surface area contributed by atoms with Gasteiger partial charge < -0.3 is 25.6 Å². The number of nitrogens with two attached hydrogens (primary N) is 1. The molecular weight excluding hydrogens is 588 g/mol. The number of nitrogens with zero attached hydrogens (tertiary/aromatic N) is 4. The molecule has 0 aromatic heterocycles. The van der Waals surface area contributed by atoms with Crippen molar-refractivity contribution in [2.45, 2.75) is 76.2 Å². The number of hydrogen-bond acceptors (Lipinski definition) is 7. The van der Waals surface area contributed by atoms with Crippen molar-refractivity contribution in [2.75, 3.05) is 46.0 Å². The third-order valence-corrected chi connectivity index (χ3v) is 10.7. The molecule has 1 amide bonds. The third-order valence-electron chi connectivity index (χ3n) is 9.15. The number of aliphatic imine (C=N–C) groups is 1. The number of allylic oxidation sites excluding steroid dienone is 1. The summed E-state index contributed by atoms with van der Waals surface area (Å²) in [6.45, 7) is 9.60. The first kappa shape index (κ1) is 33.5. The monoisotopic (exact) mass is 634 g/mol. The van der Waals surface area contributed by atoms with E-state index in [2.05, 4.69) is 21.8 Å². The zero-order valence-electron chi connectivity index (χ0n) is 25.7. The number of hydrogen-bond donors (Lipinski definition) is 2. The van der Waals surface area contributed by atoms with E-state index in [1.54, 1.807) is 7.05 Å². The highest BCUT2D eigenvalue weighted by Crippen LogP contribution is 2.32. The lowest BCUT2D eigenvalue weighted by Crippen LogP contribution is -2.52. The van der Waals surface area contributed by atoms with Crippen LogP contribution in [0, 0.1) is 0 Å². The molecule has 3 aliphatic rings. The van der Waals surface area contributed by atoms with Crippen LogP contribution in [0.1, 0.15) is 63.5 Å². The summed E-state index contributed by atoms with van der Waals surface area (Å²) in [5.74, 6) is -0.147. The van der Waals surface area contributed by atoms with E-state index in [9.17, 15) is 13.2 Å². The number of piperidine rings is 2. The number of rotatable bonds is 10. The second-order valence-electron chi connectivity index (χ2n) is 11.9. The molecule has 0 aliphatic carbocycles. The van der Waals surface area contributed by atoms with Crippen LogP contribution in [0.2, 0.25) is 5.02 Å². The zero-order valence-corrected chi connectivity index (χ0v) is 27.2. The molecule has 0 saturated carbocycles. The molecule has 3 saturated heterocycles. The van der Waals surface area contributed by atoms with Crippen LogP contribution in [0.4, 0.5) is 0 Å². The van der Waals surface area contributed by atoms with Crippen LogP contribution in [0.3, 0.4) is 0 Å². The highest BCUT2D eigenvalue weighted by molar-refractivity contribution is 7.88. The molecule has 3 aliphatic heterocycles. The van der Waals surface area contributed by atoms with Crippen LogP contribution >= 0.6 is 11.6 Å². The van der Waals surface area contributed by atoms with Crippen LogP contribution in [0.15, 0.2) is 52.8 Å². The SMILES string of the molecule is C=C(NC[C@@H]1CCC[C@H](c2ccc(Cl)cc2)O1)/C(C)=C(\N=C/N)C(=O)N1CCC(N2CCC(N(C)S(C)(=O)=O)CC2)CC1. The molecule has 0 radical (unpaired) electrons. The number of carbonyl (C=O) groups excluding carboxylic acids is 1. The Morgan fingerprint density at radius 3 is 2.40 bits per heavy atom. The van der Waals surface area contributed by atoms with Crippen LogP contribution in [-0.4, -0.2) is 99.0 Å². The summed E-state index contributed by atoms with van der Waals surface area (Å²) < 4.78 is 31.7. The average molecular weight is 635 g/mol. The van der Waals surface area contributed by atoms with Gasteiger partial charge in [-0.05, 0) is 82.7 Å². The smallest absolute Gasteiger partial charge is 0.272 e. The lowest BCUT2D eigenvalue weighted by molar-refractivity contribution is -0.128. The van der Waals surface area contributed by atoms with E-state index in [1.165, 1.54) is 10.6 Å². The zero-order chi connectivity index (χ0) is 31.1. The summed E-state index contributed by atoms with van der Waals surface area (Å²) in [6, 6.07) is 8.24. The van der Waals surface area contributed by atoms with Crippen LogP contribution in [-0.2, 0) is 19.6 Å². The van der Waals surface area contributed by atoms with Gasteiger partial charge in [-0.25, -0.2) is 17.7 Å². The number of sulfonamides is 1. The van der Waals surface area contributed by atoms with Gasteiger partial charge in [0.2, 0.25) is 10.0 Å². The minimum absolute atomic E-state index is 0.0204. The largest absolute Gasteiger partial charge is 0.390 e. The first-order chi connectivity index (χ1) is 20.5. The molecule has 4 rings (SSSR count). The molecular formula is C31H47ClN6O4S. The highest BCUT2D eigenvalue weighted by Gasteiger charge is 2.33. The van der Waals surface area contributed by atoms with E-state index >= 15 is 0 Å². The first-order valence-electron chi connectivity index (χ1n) is 15.2. The molecule has 3 heterocycles. The molecule has 0 unspecified atom stereocenters. The van der Waals surface area contributed by atoms with Gasteiger partial charge >= 0.3 is 0 Å². The topological polar surface area (TPSA) is 121 Å². The molecule has 3 N–H and O–H groups in total. The van der Waals surface area contributed by atoms with Crippen molar-refractivity contribution in [3.63, 3.8) is 0 Å². The Morgan fingerprint density at radius 2 is 1.79 bits per heavy atom. The maximum Gasteiger partial charge on any atom is 0.272 e. The second-order valence-corrected chi connectivity index (χ2v) is 14.4. The number of ether oxygens (including phenoxy) is 1. The Morgan fingerprint density at radius 1 is 1.14 bits per heavy atom. The molecule has 12 heteroatoms. The van der Waals surface area contributed by atoms with Crippen molar-refractivity contribution < 1.29 is 17.9 Å². The van der Waals surface area contributed by atoms with Gasteiger partial charge in [-0.2, -0.15) is 0 Å². The molecule has 43 heavy (non-hydrogen) atoms. The summed E-state index contributed by atoms with van der Waals surface area (Å²) in [7, 11) is -1.52. The van der Waals surface area contributed by atoms with E-state index in [4.69, 9.17) is 22.1 Å². The number of amides is 1. The van der Waals surface area contributed by atoms with E-state index in [0.29, 0.717) is 47.7 Å². The minimum Gasteiger partial charge on any atom is -0.390 e. The van der Waals surface area contributed by atoms with Gasteiger partial charge in [-0.1, -0.05) is 30.3 Å². The Bertz CT molecular complexity index is 1290. The van der Waals surface area contributed by atoms with Gasteiger partial charge in [0, 0.05) is 55.1 Å². The maximum absolute atomic E-state index is 13.6. The molecule has 1 aromatic rings. The van der Waals surface area contributed by atoms with Crippen LogP contribution in [0.25, 0.3) is 0 Å². The van der Waals surface area contributed by atoms with Crippen molar-refractivity contribution in [3.05, 3.63) is 58.4 Å². The Labute approximate surface area is 262 Å². The van der Waals surface area contributed by atoms with Gasteiger partial charge in [0.1, 0.15) is 5.70 Å². The third kappa shape index (κ3) is 8.82. The standard InChI is InChI=1S/C31H47ClN6O4S/c1-22(23(2)34-20-28-6-5-7-29(42-28)24-8-10-25(32)11-9-24)30(35-21-33)31(39)38-18-14-27(15-19-38)37-16-12-26(13-17-37)36(3)43(4,40)41/h8-11,21,26-29,34H,2,5-7,12-20H2,1,3-4H3,(H2,33,35)/b30-22-/t28-,29+/m0/s1. The van der Waals surface area contributed by atoms with Gasteiger partial charge in [0.05, 0.1) is 24.8 Å². The summed E-state index contributed by atoms with van der Waals surface area (Å²) >= 11 is 6.05. The van der Waals surface area contributed by atoms with Gasteiger partial charge in [0.25, 0.3) is 5.91 Å². The predicted octanol–water partition coefficient (Wildman–Crippen LogP) is 3.66. The molecule has 0 spiro atoms. The Balaban J connectivity index is 1.28. The quantitative estimate of drug-likeness (QED) is 0.174. The van der Waals surface area contributed by atoms with Crippen molar-refractivity contribution in [1.29, 1.82) is 0 Å². The van der Waals surface area contributed by atoms with Gasteiger partial charge in [-0.3, -0.25) is 4.79 Å². The molecule has 3 fully saturated rings. The summed E-state index contributed by atoms with van der Waals surface area (Å²) in [4.78, 5) is 22.1. The van der Waals surface area contributed by atoms with Gasteiger partial charge in [-0.15, -0.1) is 0 Å². The van der Waals surface area contributed by atoms with Crippen molar-refractivity contribution >= 4 is 33.9 Å². The lowest BCUT2D eigenvalue weighted by atomic mass is 9.97. The fourth-order valence-corrected chi connectivity index (χ4v) is 7.22. The molecule has 2 atom stereocenters. The molecule has 10 nitrogen and oxygen atoms in total. The molecule has 238 valence electrons. The number of nitrogens with one attached hydrogen (secondary N) is 1. The fraction of sp³-hybridized carbons (Fsp3) is 0.613. The van der Waals surface area contributed by atoms with Crippen molar-refractivity contribution in [2.24, 2.45) is 10.7 Å². The second kappa shape index (κ2) is 15.0. The van der Waals surface area contributed by atoms with E-state index in [1.807, 2.05) is 36.1 Å². The summed E-state index contributed by atoms with van der Waals surface area (Å²) in [5.41, 5.74) is 8.38. The predicted molar refractivity (Wildman–Crippen MR) is 172 cm³/mol. The first-order valence-corrected chi connectivity index (χ1v) is 17.5. The van der Waals surface area contributed by atoms with E-state index < -0.39 is 10.0 Å². The van der Waals surface area contributed by atoms with E-state index in [-0.39, 0.29) is 24.2 Å². The highest BCUT2D eigenvalue weighted by atomic mass is 35.5. The number of likely N-dealkylation sites (tertiary alicyclic amines) is 2. The molecule has 1 aromatic carbocycles. The maximum atomic E-state index is 13.6. The molecule has 0 bridgehead atoms. The van der Waals surface area contributed by atoms with E-state index in [0.717, 1.165) is 69.9 Å². The van der Waals surface area contributed by atoms with Crippen molar-refractivity contribution in [3.8, 4) is 0 Å². The Kier molecular flexibility index (Phi) is 11.7. The minimum atomic E-state index is -3.19. The number of carbonyl (C=O) groups is 1. The number of halogens is 1. The number of benzene rings is 1. The summed E-state index contributed by atoms with van der Waals surface area (Å²) in [5, 5.41) is 4.08. The summed E-state index contributed by atoms with van der Waals surface area (Å²) in [6.07, 6.45) is 8.83.